The molecular weight excluding hydrogens is 382 g/mol. The lowest BCUT2D eigenvalue weighted by molar-refractivity contribution is 0.0925. The Hall–Kier alpha value is -1.85. The van der Waals surface area contributed by atoms with Gasteiger partial charge in [-0.3, -0.25) is 4.79 Å². The summed E-state index contributed by atoms with van der Waals surface area (Å²) in [7, 11) is 0. The van der Waals surface area contributed by atoms with Crippen LogP contribution in [-0.4, -0.2) is 25.4 Å². The number of benzene rings is 2. The summed E-state index contributed by atoms with van der Waals surface area (Å²) in [4.78, 5) is 13.9. The quantitative estimate of drug-likeness (QED) is 0.681. The first-order valence-corrected chi connectivity index (χ1v) is 10.6. The molecule has 4 nitrogen and oxygen atoms in total. The molecule has 1 aliphatic rings. The van der Waals surface area contributed by atoms with Crippen molar-refractivity contribution in [1.82, 2.24) is 5.32 Å². The lowest BCUT2D eigenvalue weighted by Crippen LogP contribution is -2.32. The summed E-state index contributed by atoms with van der Waals surface area (Å²) < 4.78 is 11.5. The van der Waals surface area contributed by atoms with Crippen LogP contribution in [0.4, 0.5) is 0 Å². The van der Waals surface area contributed by atoms with Crippen LogP contribution >= 0.6 is 23.4 Å². The fraction of sp³-hybridized carbons (Fsp3) is 0.381. The van der Waals surface area contributed by atoms with Gasteiger partial charge in [0, 0.05) is 11.3 Å². The van der Waals surface area contributed by atoms with E-state index in [1.54, 1.807) is 17.8 Å². The smallest absolute Gasteiger partial charge is 0.253 e. The van der Waals surface area contributed by atoms with Crippen LogP contribution in [0.1, 0.15) is 42.2 Å². The predicted octanol–water partition coefficient (Wildman–Crippen LogP) is 5.35. The van der Waals surface area contributed by atoms with Crippen LogP contribution < -0.4 is 14.8 Å². The molecule has 1 N–H and O–H groups in total. The molecule has 2 aromatic carbocycles. The molecule has 1 heterocycles. The Kier molecular flexibility index (Phi) is 6.55. The Morgan fingerprint density at radius 2 is 1.85 bits per heavy atom. The SMILES string of the molecule is CSc1ccc(Cl)c(C(=O)N[C@H](c2ccc3c(c2)OCCCO3)C(C)C)c1. The Morgan fingerprint density at radius 3 is 2.56 bits per heavy atom. The molecule has 144 valence electrons. The van der Waals surface area contributed by atoms with Crippen LogP contribution in [0.2, 0.25) is 5.02 Å². The molecule has 27 heavy (non-hydrogen) atoms. The van der Waals surface area contributed by atoms with E-state index in [1.807, 2.05) is 36.6 Å². The Bertz CT molecular complexity index is 825. The number of amides is 1. The highest BCUT2D eigenvalue weighted by atomic mass is 35.5. The van der Waals surface area contributed by atoms with Crippen molar-refractivity contribution in [2.75, 3.05) is 19.5 Å². The molecule has 0 unspecified atom stereocenters. The fourth-order valence-electron chi connectivity index (χ4n) is 3.03. The molecule has 1 atom stereocenters. The van der Waals surface area contributed by atoms with Crippen molar-refractivity contribution in [2.45, 2.75) is 31.2 Å². The second-order valence-corrected chi connectivity index (χ2v) is 8.08. The maximum atomic E-state index is 12.9. The molecule has 0 aromatic heterocycles. The van der Waals surface area contributed by atoms with Crippen LogP contribution in [0.25, 0.3) is 0 Å². The van der Waals surface area contributed by atoms with Crippen LogP contribution in [0.15, 0.2) is 41.3 Å². The van der Waals surface area contributed by atoms with Crippen molar-refractivity contribution in [1.29, 1.82) is 0 Å². The molecule has 0 radical (unpaired) electrons. The minimum absolute atomic E-state index is 0.163. The second-order valence-electron chi connectivity index (χ2n) is 6.80. The highest BCUT2D eigenvalue weighted by molar-refractivity contribution is 7.98. The molecule has 6 heteroatoms. The van der Waals surface area contributed by atoms with Gasteiger partial charge in [0.05, 0.1) is 29.8 Å². The number of rotatable bonds is 5. The minimum Gasteiger partial charge on any atom is -0.490 e. The molecular formula is C21H24ClNO3S. The van der Waals surface area contributed by atoms with E-state index in [2.05, 4.69) is 19.2 Å². The number of nitrogens with one attached hydrogen (secondary N) is 1. The largest absolute Gasteiger partial charge is 0.490 e. The third-order valence-corrected chi connectivity index (χ3v) is 5.56. The molecule has 0 fully saturated rings. The van der Waals surface area contributed by atoms with Gasteiger partial charge in [-0.05, 0) is 48.1 Å². The van der Waals surface area contributed by atoms with Gasteiger partial charge in [0.1, 0.15) is 0 Å². The number of hydrogen-bond acceptors (Lipinski definition) is 4. The van der Waals surface area contributed by atoms with Crippen LogP contribution in [0, 0.1) is 5.92 Å². The highest BCUT2D eigenvalue weighted by Crippen LogP contribution is 2.34. The number of fused-ring (bicyclic) bond motifs is 1. The van der Waals surface area contributed by atoms with E-state index < -0.39 is 0 Å². The summed E-state index contributed by atoms with van der Waals surface area (Å²) in [5.41, 5.74) is 1.48. The van der Waals surface area contributed by atoms with E-state index >= 15 is 0 Å². The zero-order valence-electron chi connectivity index (χ0n) is 15.8. The van der Waals surface area contributed by atoms with E-state index in [0.717, 1.165) is 28.4 Å². The van der Waals surface area contributed by atoms with Crippen molar-refractivity contribution in [3.05, 3.63) is 52.5 Å². The van der Waals surface area contributed by atoms with Crippen LogP contribution in [0.3, 0.4) is 0 Å². The Labute approximate surface area is 169 Å². The number of thioether (sulfide) groups is 1. The van der Waals surface area contributed by atoms with E-state index in [-0.39, 0.29) is 17.9 Å². The molecule has 0 saturated carbocycles. The monoisotopic (exact) mass is 405 g/mol. The van der Waals surface area contributed by atoms with Gasteiger partial charge in [-0.2, -0.15) is 0 Å². The summed E-state index contributed by atoms with van der Waals surface area (Å²) in [6.07, 6.45) is 2.83. The lowest BCUT2D eigenvalue weighted by Gasteiger charge is -2.24. The topological polar surface area (TPSA) is 47.6 Å². The molecule has 1 amide bonds. The lowest BCUT2D eigenvalue weighted by atomic mass is 9.95. The molecule has 0 bridgehead atoms. The van der Waals surface area contributed by atoms with Crippen molar-refractivity contribution in [3.8, 4) is 11.5 Å². The fourth-order valence-corrected chi connectivity index (χ4v) is 3.68. The van der Waals surface area contributed by atoms with Crippen molar-refractivity contribution in [3.63, 3.8) is 0 Å². The first-order chi connectivity index (χ1) is 13.0. The van der Waals surface area contributed by atoms with Gasteiger partial charge in [0.2, 0.25) is 0 Å². The van der Waals surface area contributed by atoms with Crippen LogP contribution in [0.5, 0.6) is 11.5 Å². The first-order valence-electron chi connectivity index (χ1n) is 9.03. The molecule has 0 saturated heterocycles. The van der Waals surface area contributed by atoms with E-state index in [4.69, 9.17) is 21.1 Å². The van der Waals surface area contributed by atoms with Gasteiger partial charge in [-0.25, -0.2) is 0 Å². The predicted molar refractivity (Wildman–Crippen MR) is 110 cm³/mol. The van der Waals surface area contributed by atoms with E-state index in [9.17, 15) is 4.79 Å². The maximum absolute atomic E-state index is 12.9. The standard InChI is InChI=1S/C21H24ClNO3S/c1-13(2)20(14-5-8-18-19(11-14)26-10-4-9-25-18)23-21(24)16-12-15(27-3)6-7-17(16)22/h5-8,11-13,20H,4,9-10H2,1-3H3,(H,23,24)/t20-/m0/s1. The van der Waals surface area contributed by atoms with Gasteiger partial charge in [-0.1, -0.05) is 31.5 Å². The normalized spacial score (nSPS) is 14.6. The van der Waals surface area contributed by atoms with Crippen molar-refractivity contribution >= 4 is 29.3 Å². The third-order valence-electron chi connectivity index (χ3n) is 4.50. The summed E-state index contributed by atoms with van der Waals surface area (Å²) in [5, 5.41) is 3.59. The Balaban J connectivity index is 1.86. The van der Waals surface area contributed by atoms with Gasteiger partial charge in [0.15, 0.2) is 11.5 Å². The van der Waals surface area contributed by atoms with Gasteiger partial charge < -0.3 is 14.8 Å². The highest BCUT2D eigenvalue weighted by Gasteiger charge is 2.23. The molecule has 1 aliphatic heterocycles. The number of carbonyl (C=O) groups is 1. The summed E-state index contributed by atoms with van der Waals surface area (Å²) >= 11 is 7.84. The number of carbonyl (C=O) groups excluding carboxylic acids is 1. The summed E-state index contributed by atoms with van der Waals surface area (Å²) in [6.45, 7) is 5.44. The zero-order chi connectivity index (χ0) is 19.4. The number of hydrogen-bond donors (Lipinski definition) is 1. The van der Waals surface area contributed by atoms with Crippen molar-refractivity contribution in [2.24, 2.45) is 5.92 Å². The average molecular weight is 406 g/mol. The Morgan fingerprint density at radius 1 is 1.11 bits per heavy atom. The number of ether oxygens (including phenoxy) is 2. The minimum atomic E-state index is -0.179. The van der Waals surface area contributed by atoms with Crippen LogP contribution in [-0.2, 0) is 0 Å². The summed E-state index contributed by atoms with van der Waals surface area (Å²) in [5.74, 6) is 1.50. The van der Waals surface area contributed by atoms with Gasteiger partial charge >= 0.3 is 0 Å². The van der Waals surface area contributed by atoms with Gasteiger partial charge in [-0.15, -0.1) is 11.8 Å². The molecule has 0 spiro atoms. The number of halogens is 1. The molecule has 2 aromatic rings. The van der Waals surface area contributed by atoms with E-state index in [0.29, 0.717) is 23.8 Å². The van der Waals surface area contributed by atoms with Gasteiger partial charge in [0.25, 0.3) is 5.91 Å². The average Bonchev–Trinajstić information content (AvgIpc) is 2.90. The maximum Gasteiger partial charge on any atom is 0.253 e. The van der Waals surface area contributed by atoms with E-state index in [1.165, 1.54) is 0 Å². The molecule has 0 aliphatic carbocycles. The second kappa shape index (κ2) is 8.89. The third kappa shape index (κ3) is 4.71. The summed E-state index contributed by atoms with van der Waals surface area (Å²) in [6, 6.07) is 11.2. The zero-order valence-corrected chi connectivity index (χ0v) is 17.3. The van der Waals surface area contributed by atoms with Crippen molar-refractivity contribution < 1.29 is 14.3 Å². The molecule has 3 rings (SSSR count). The first kappa shape index (κ1) is 19.9.